The van der Waals surface area contributed by atoms with Gasteiger partial charge in [-0.1, -0.05) is 29.8 Å². The fourth-order valence-electron chi connectivity index (χ4n) is 2.00. The molecule has 88 valence electrons. The van der Waals surface area contributed by atoms with Crippen molar-refractivity contribution in [3.63, 3.8) is 0 Å². The van der Waals surface area contributed by atoms with Crippen molar-refractivity contribution in [1.82, 2.24) is 0 Å². The number of furan rings is 1. The maximum atomic E-state index is 10.7. The van der Waals surface area contributed by atoms with Crippen molar-refractivity contribution < 1.29 is 9.21 Å². The summed E-state index contributed by atoms with van der Waals surface area (Å²) in [6, 6.07) is 15.6. The fraction of sp³-hybridized carbons (Fsp3) is 0.0625. The van der Waals surface area contributed by atoms with Gasteiger partial charge in [-0.15, -0.1) is 0 Å². The van der Waals surface area contributed by atoms with Crippen LogP contribution in [0.2, 0.25) is 0 Å². The van der Waals surface area contributed by atoms with E-state index >= 15 is 0 Å². The van der Waals surface area contributed by atoms with E-state index in [9.17, 15) is 4.79 Å². The normalized spacial score (nSPS) is 10.7. The quantitative estimate of drug-likeness (QED) is 0.623. The van der Waals surface area contributed by atoms with Gasteiger partial charge in [-0.3, -0.25) is 4.79 Å². The zero-order chi connectivity index (χ0) is 12.5. The summed E-state index contributed by atoms with van der Waals surface area (Å²) < 4.78 is 5.78. The third-order valence-electron chi connectivity index (χ3n) is 3.01. The van der Waals surface area contributed by atoms with Crippen molar-refractivity contribution in [3.8, 4) is 11.3 Å². The van der Waals surface area contributed by atoms with Gasteiger partial charge in [0.1, 0.15) is 17.6 Å². The first kappa shape index (κ1) is 10.8. The standard InChI is InChI=1S/C16H12O2/c1-11-2-5-13(6-3-11)16-9-14-8-12(10-17)4-7-15(14)18-16/h2-10H,1H3. The molecule has 0 N–H and O–H groups in total. The third kappa shape index (κ3) is 1.82. The zero-order valence-corrected chi connectivity index (χ0v) is 10.0. The highest BCUT2D eigenvalue weighted by Crippen LogP contribution is 2.28. The first-order valence-corrected chi connectivity index (χ1v) is 5.82. The molecular weight excluding hydrogens is 224 g/mol. The highest BCUT2D eigenvalue weighted by molar-refractivity contribution is 5.88. The lowest BCUT2D eigenvalue weighted by molar-refractivity contribution is 0.112. The Bertz CT molecular complexity index is 706. The number of fused-ring (bicyclic) bond motifs is 1. The van der Waals surface area contributed by atoms with Crippen LogP contribution in [-0.4, -0.2) is 6.29 Å². The average molecular weight is 236 g/mol. The van der Waals surface area contributed by atoms with Gasteiger partial charge in [-0.2, -0.15) is 0 Å². The minimum absolute atomic E-state index is 0.666. The second-order valence-electron chi connectivity index (χ2n) is 4.39. The lowest BCUT2D eigenvalue weighted by Gasteiger charge is -1.96. The lowest BCUT2D eigenvalue weighted by Crippen LogP contribution is -1.75. The van der Waals surface area contributed by atoms with Crippen LogP contribution < -0.4 is 0 Å². The molecule has 18 heavy (non-hydrogen) atoms. The number of aryl methyl sites for hydroxylation is 1. The number of hydrogen-bond acceptors (Lipinski definition) is 2. The molecule has 3 rings (SSSR count). The van der Waals surface area contributed by atoms with Crippen LogP contribution >= 0.6 is 0 Å². The molecule has 0 amide bonds. The molecule has 1 heterocycles. The van der Waals surface area contributed by atoms with Crippen molar-refractivity contribution in [2.45, 2.75) is 6.92 Å². The Balaban J connectivity index is 2.12. The summed E-state index contributed by atoms with van der Waals surface area (Å²) in [5.74, 6) is 0.827. The number of hydrogen-bond donors (Lipinski definition) is 0. The molecule has 0 saturated heterocycles. The smallest absolute Gasteiger partial charge is 0.150 e. The molecule has 3 aromatic rings. The minimum atomic E-state index is 0.666. The summed E-state index contributed by atoms with van der Waals surface area (Å²) in [5.41, 5.74) is 3.73. The van der Waals surface area contributed by atoms with Gasteiger partial charge in [0.15, 0.2) is 0 Å². The molecule has 0 spiro atoms. The second kappa shape index (κ2) is 4.15. The van der Waals surface area contributed by atoms with E-state index in [1.165, 1.54) is 5.56 Å². The highest BCUT2D eigenvalue weighted by Gasteiger charge is 2.06. The molecule has 2 heteroatoms. The van der Waals surface area contributed by atoms with Crippen molar-refractivity contribution in [2.75, 3.05) is 0 Å². The molecule has 0 aliphatic heterocycles. The molecule has 0 radical (unpaired) electrons. The number of carbonyl (C=O) groups is 1. The van der Waals surface area contributed by atoms with Gasteiger partial charge in [0.2, 0.25) is 0 Å². The molecule has 0 atom stereocenters. The monoisotopic (exact) mass is 236 g/mol. The molecule has 2 nitrogen and oxygen atoms in total. The van der Waals surface area contributed by atoms with Crippen LogP contribution in [0.25, 0.3) is 22.3 Å². The van der Waals surface area contributed by atoms with E-state index in [0.29, 0.717) is 5.56 Å². The van der Waals surface area contributed by atoms with Crippen molar-refractivity contribution in [3.05, 3.63) is 59.7 Å². The van der Waals surface area contributed by atoms with Crippen LogP contribution in [-0.2, 0) is 0 Å². The topological polar surface area (TPSA) is 30.2 Å². The Kier molecular flexibility index (Phi) is 2.49. The number of carbonyl (C=O) groups excluding carboxylic acids is 1. The highest BCUT2D eigenvalue weighted by atomic mass is 16.3. The van der Waals surface area contributed by atoms with Crippen LogP contribution in [0.1, 0.15) is 15.9 Å². The molecular formula is C16H12O2. The summed E-state index contributed by atoms with van der Waals surface area (Å²) in [4.78, 5) is 10.7. The van der Waals surface area contributed by atoms with Crippen molar-refractivity contribution >= 4 is 17.3 Å². The minimum Gasteiger partial charge on any atom is -0.456 e. The summed E-state index contributed by atoms with van der Waals surface area (Å²) >= 11 is 0. The van der Waals surface area contributed by atoms with Gasteiger partial charge in [-0.25, -0.2) is 0 Å². The van der Waals surface area contributed by atoms with Crippen molar-refractivity contribution in [2.24, 2.45) is 0 Å². The number of benzene rings is 2. The van der Waals surface area contributed by atoms with Gasteiger partial charge in [0, 0.05) is 16.5 Å². The summed E-state index contributed by atoms with van der Waals surface area (Å²) in [7, 11) is 0. The molecule has 0 aliphatic rings. The van der Waals surface area contributed by atoms with E-state index in [1.54, 1.807) is 6.07 Å². The molecule has 0 bridgehead atoms. The Morgan fingerprint density at radius 1 is 1.00 bits per heavy atom. The van der Waals surface area contributed by atoms with E-state index in [2.05, 4.69) is 19.1 Å². The second-order valence-corrected chi connectivity index (χ2v) is 4.39. The van der Waals surface area contributed by atoms with E-state index in [-0.39, 0.29) is 0 Å². The predicted molar refractivity (Wildman–Crippen MR) is 71.8 cm³/mol. The van der Waals surface area contributed by atoms with Crippen LogP contribution in [0.5, 0.6) is 0 Å². The van der Waals surface area contributed by atoms with Gasteiger partial charge < -0.3 is 4.42 Å². The Labute approximate surface area is 105 Å². The van der Waals surface area contributed by atoms with E-state index in [0.717, 1.165) is 28.6 Å². The molecule has 0 unspecified atom stereocenters. The maximum Gasteiger partial charge on any atom is 0.150 e. The predicted octanol–water partition coefficient (Wildman–Crippen LogP) is 4.22. The third-order valence-corrected chi connectivity index (χ3v) is 3.01. The molecule has 0 saturated carbocycles. The SMILES string of the molecule is Cc1ccc(-c2cc3cc(C=O)ccc3o2)cc1. The fourth-order valence-corrected chi connectivity index (χ4v) is 2.00. The van der Waals surface area contributed by atoms with E-state index < -0.39 is 0 Å². The van der Waals surface area contributed by atoms with Crippen molar-refractivity contribution in [1.29, 1.82) is 0 Å². The molecule has 0 fully saturated rings. The number of aldehydes is 1. The summed E-state index contributed by atoms with van der Waals surface area (Å²) in [6.45, 7) is 2.05. The van der Waals surface area contributed by atoms with E-state index in [1.807, 2.05) is 30.3 Å². The molecule has 0 aliphatic carbocycles. The Hall–Kier alpha value is -2.35. The van der Waals surface area contributed by atoms with Crippen LogP contribution in [0.3, 0.4) is 0 Å². The first-order chi connectivity index (χ1) is 8.76. The Morgan fingerprint density at radius 2 is 1.78 bits per heavy atom. The zero-order valence-electron chi connectivity index (χ0n) is 10.0. The maximum absolute atomic E-state index is 10.7. The van der Waals surface area contributed by atoms with Gasteiger partial charge in [0.25, 0.3) is 0 Å². The van der Waals surface area contributed by atoms with Gasteiger partial charge in [0.05, 0.1) is 0 Å². The van der Waals surface area contributed by atoms with Gasteiger partial charge in [-0.05, 0) is 31.2 Å². The van der Waals surface area contributed by atoms with E-state index in [4.69, 9.17) is 4.42 Å². The lowest BCUT2D eigenvalue weighted by atomic mass is 10.1. The van der Waals surface area contributed by atoms with Gasteiger partial charge >= 0.3 is 0 Å². The summed E-state index contributed by atoms with van der Waals surface area (Å²) in [5, 5.41) is 0.954. The number of rotatable bonds is 2. The van der Waals surface area contributed by atoms with Crippen LogP contribution in [0.4, 0.5) is 0 Å². The first-order valence-electron chi connectivity index (χ1n) is 5.82. The average Bonchev–Trinajstić information content (AvgIpc) is 2.82. The molecule has 1 aromatic heterocycles. The largest absolute Gasteiger partial charge is 0.456 e. The Morgan fingerprint density at radius 3 is 2.50 bits per heavy atom. The molecule has 2 aromatic carbocycles. The summed E-state index contributed by atoms with van der Waals surface area (Å²) in [6.07, 6.45) is 0.845. The van der Waals surface area contributed by atoms with Crippen LogP contribution in [0.15, 0.2) is 52.9 Å². The van der Waals surface area contributed by atoms with Crippen LogP contribution in [0, 0.1) is 6.92 Å².